The van der Waals surface area contributed by atoms with Gasteiger partial charge in [0.2, 0.25) is 0 Å². The van der Waals surface area contributed by atoms with E-state index in [4.69, 9.17) is 14.6 Å². The van der Waals surface area contributed by atoms with Gasteiger partial charge in [-0.1, -0.05) is 0 Å². The van der Waals surface area contributed by atoms with E-state index in [0.29, 0.717) is 0 Å². The second-order valence-electron chi connectivity index (χ2n) is 2.52. The fraction of sp³-hybridized carbons (Fsp3) is 0.875. The molecular weight excluding hydrogens is 172 g/mol. The van der Waals surface area contributed by atoms with Crippen LogP contribution in [-0.2, 0) is 4.74 Å². The number of methoxy groups -OCH3 is 1. The van der Waals surface area contributed by atoms with Crippen LogP contribution < -0.4 is 15.7 Å². The Kier molecular flexibility index (Phi) is 12.7. The third-order valence-electron chi connectivity index (χ3n) is 1.66. The second kappa shape index (κ2) is 11.2. The van der Waals surface area contributed by atoms with E-state index in [1.165, 1.54) is 13.1 Å². The van der Waals surface area contributed by atoms with E-state index < -0.39 is 6.09 Å². The Balaban J connectivity index is 0. The molecule has 0 heterocycles. The highest BCUT2D eigenvalue weighted by Crippen LogP contribution is 1.58. The number of hydrogen-bond acceptors (Lipinski definition) is 3. The monoisotopic (exact) mass is 192 g/mol. The van der Waals surface area contributed by atoms with Gasteiger partial charge in [0, 0.05) is 7.11 Å². The van der Waals surface area contributed by atoms with Gasteiger partial charge in [-0.3, -0.25) is 0 Å². The van der Waals surface area contributed by atoms with E-state index in [2.05, 4.69) is 19.6 Å². The molecule has 0 rings (SSSR count). The van der Waals surface area contributed by atoms with Crippen molar-refractivity contribution in [1.29, 1.82) is 0 Å². The lowest BCUT2D eigenvalue weighted by Crippen LogP contribution is -3.11. The lowest BCUT2D eigenvalue weighted by Gasteiger charge is -2.13. The van der Waals surface area contributed by atoms with Gasteiger partial charge in [0.1, 0.15) is 12.6 Å². The summed E-state index contributed by atoms with van der Waals surface area (Å²) in [7, 11) is 1.75. The Morgan fingerprint density at radius 1 is 1.46 bits per heavy atom. The van der Waals surface area contributed by atoms with Crippen LogP contribution in [0.5, 0.6) is 0 Å². The molecule has 0 aliphatic carbocycles. The smallest absolute Gasteiger partial charge is 0.131 e. The molecule has 0 radical (unpaired) electrons. The van der Waals surface area contributed by atoms with Crippen molar-refractivity contribution in [1.82, 2.24) is 0 Å². The molecule has 0 atom stereocenters. The SMILES string of the molecule is CC[NH+](CC)CCOC.NC(=O)[O-]. The van der Waals surface area contributed by atoms with Crippen LogP contribution in [0.3, 0.4) is 0 Å². The Morgan fingerprint density at radius 2 is 1.85 bits per heavy atom. The first-order valence-electron chi connectivity index (χ1n) is 4.37. The van der Waals surface area contributed by atoms with Gasteiger partial charge in [0.25, 0.3) is 0 Å². The number of nitrogens with two attached hydrogens (primary N) is 1. The number of amides is 1. The molecule has 0 aliphatic rings. The summed E-state index contributed by atoms with van der Waals surface area (Å²) in [6.07, 6.45) is -1.58. The third-order valence-corrected chi connectivity index (χ3v) is 1.66. The first-order valence-corrected chi connectivity index (χ1v) is 4.37. The first-order chi connectivity index (χ1) is 6.08. The molecule has 0 spiro atoms. The van der Waals surface area contributed by atoms with Gasteiger partial charge in [0.05, 0.1) is 19.7 Å². The molecular formula is C8H20N2O3. The van der Waals surface area contributed by atoms with Crippen molar-refractivity contribution in [3.8, 4) is 0 Å². The average Bonchev–Trinajstić information content (AvgIpc) is 2.06. The van der Waals surface area contributed by atoms with Crippen molar-refractivity contribution in [3.05, 3.63) is 0 Å². The summed E-state index contributed by atoms with van der Waals surface area (Å²) < 4.78 is 4.96. The number of nitrogens with one attached hydrogen (secondary N) is 1. The van der Waals surface area contributed by atoms with Crippen molar-refractivity contribution < 1.29 is 19.5 Å². The van der Waals surface area contributed by atoms with E-state index in [1.807, 2.05) is 0 Å². The molecule has 80 valence electrons. The minimum Gasteiger partial charge on any atom is -0.530 e. The molecule has 0 aliphatic heterocycles. The van der Waals surface area contributed by atoms with E-state index in [1.54, 1.807) is 12.0 Å². The Labute approximate surface area is 79.5 Å². The molecule has 3 N–H and O–H groups in total. The van der Waals surface area contributed by atoms with Crippen LogP contribution in [0.4, 0.5) is 4.79 Å². The highest BCUT2D eigenvalue weighted by atomic mass is 16.5. The zero-order valence-corrected chi connectivity index (χ0v) is 8.63. The predicted molar refractivity (Wildman–Crippen MR) is 48.4 cm³/mol. The van der Waals surface area contributed by atoms with Gasteiger partial charge >= 0.3 is 0 Å². The van der Waals surface area contributed by atoms with Gasteiger partial charge in [-0.2, -0.15) is 0 Å². The second-order valence-corrected chi connectivity index (χ2v) is 2.52. The Morgan fingerprint density at radius 3 is 2.08 bits per heavy atom. The number of rotatable bonds is 5. The summed E-state index contributed by atoms with van der Waals surface area (Å²) in [5.74, 6) is 0. The normalized spacial score (nSPS) is 9.23. The molecule has 0 bridgehead atoms. The van der Waals surface area contributed by atoms with E-state index in [9.17, 15) is 0 Å². The van der Waals surface area contributed by atoms with Gasteiger partial charge in [-0.15, -0.1) is 0 Å². The molecule has 0 fully saturated rings. The standard InChI is InChI=1S/C7H17NO.CH3NO2/c1-4-8(5-2)6-7-9-3;2-1(3)4/h4-7H2,1-3H3;2H2,(H,3,4). The summed E-state index contributed by atoms with van der Waals surface area (Å²) in [5, 5.41) is 8.67. The average molecular weight is 192 g/mol. The van der Waals surface area contributed by atoms with Crippen LogP contribution in [0, 0.1) is 0 Å². The first kappa shape index (κ1) is 14.7. The largest absolute Gasteiger partial charge is 0.530 e. The number of carboxylic acid groups (broad SMARTS) is 1. The van der Waals surface area contributed by atoms with Crippen LogP contribution in [0.1, 0.15) is 13.8 Å². The molecule has 1 amide bonds. The molecule has 13 heavy (non-hydrogen) atoms. The molecule has 0 unspecified atom stereocenters. The summed E-state index contributed by atoms with van der Waals surface area (Å²) in [4.78, 5) is 10.3. The third kappa shape index (κ3) is 18.3. The number of hydrogen-bond donors (Lipinski definition) is 2. The minimum absolute atomic E-state index is 0.886. The van der Waals surface area contributed by atoms with Crippen molar-refractivity contribution >= 4 is 6.09 Å². The molecule has 5 heteroatoms. The van der Waals surface area contributed by atoms with Crippen molar-refractivity contribution in [2.75, 3.05) is 33.4 Å². The van der Waals surface area contributed by atoms with Gasteiger partial charge in [0.15, 0.2) is 0 Å². The number of carbonyl (C=O) groups is 1. The molecule has 0 saturated carbocycles. The highest BCUT2D eigenvalue weighted by Gasteiger charge is 1.98. The maximum Gasteiger partial charge on any atom is 0.131 e. The number of ether oxygens (including phenoxy) is 1. The Hall–Kier alpha value is -0.810. The minimum atomic E-state index is -1.58. The lowest BCUT2D eigenvalue weighted by atomic mass is 10.5. The Bertz CT molecular complexity index is 112. The fourth-order valence-corrected chi connectivity index (χ4v) is 0.850. The molecule has 0 aromatic heterocycles. The number of quaternary nitrogens is 1. The zero-order chi connectivity index (χ0) is 10.7. The van der Waals surface area contributed by atoms with Crippen LogP contribution >= 0.6 is 0 Å². The number of likely N-dealkylation sites (N-methyl/N-ethyl adjacent to an activating group) is 1. The summed E-state index contributed by atoms with van der Waals surface area (Å²) in [5.41, 5.74) is 3.92. The number of primary amides is 1. The molecule has 5 nitrogen and oxygen atoms in total. The van der Waals surface area contributed by atoms with E-state index in [-0.39, 0.29) is 0 Å². The van der Waals surface area contributed by atoms with Crippen molar-refractivity contribution in [3.63, 3.8) is 0 Å². The zero-order valence-electron chi connectivity index (χ0n) is 8.63. The van der Waals surface area contributed by atoms with Gasteiger partial charge in [-0.25, -0.2) is 0 Å². The quantitative estimate of drug-likeness (QED) is 0.521. The maximum atomic E-state index is 8.67. The van der Waals surface area contributed by atoms with Crippen LogP contribution in [-0.4, -0.2) is 39.4 Å². The van der Waals surface area contributed by atoms with Crippen molar-refractivity contribution in [2.45, 2.75) is 13.8 Å². The summed E-state index contributed by atoms with van der Waals surface area (Å²) in [6.45, 7) is 8.85. The van der Waals surface area contributed by atoms with Crippen molar-refractivity contribution in [2.24, 2.45) is 5.73 Å². The lowest BCUT2D eigenvalue weighted by molar-refractivity contribution is -0.896. The van der Waals surface area contributed by atoms with Gasteiger partial charge < -0.3 is 25.3 Å². The molecule has 0 aromatic carbocycles. The topological polar surface area (TPSA) is 79.8 Å². The maximum absolute atomic E-state index is 8.67. The van der Waals surface area contributed by atoms with E-state index >= 15 is 0 Å². The van der Waals surface area contributed by atoms with Gasteiger partial charge in [-0.05, 0) is 13.8 Å². The number of carbonyl (C=O) groups excluding carboxylic acids is 1. The summed E-state index contributed by atoms with van der Waals surface area (Å²) in [6, 6.07) is 0. The molecule has 0 saturated heterocycles. The fourth-order valence-electron chi connectivity index (χ4n) is 0.850. The predicted octanol–water partition coefficient (Wildman–Crippen LogP) is -2.15. The van der Waals surface area contributed by atoms with Crippen LogP contribution in [0.25, 0.3) is 0 Å². The van der Waals surface area contributed by atoms with Crippen LogP contribution in [0.2, 0.25) is 0 Å². The summed E-state index contributed by atoms with van der Waals surface area (Å²) >= 11 is 0. The van der Waals surface area contributed by atoms with E-state index in [0.717, 1.165) is 13.2 Å². The highest BCUT2D eigenvalue weighted by molar-refractivity contribution is 5.58. The molecule has 0 aromatic rings. The van der Waals surface area contributed by atoms with Crippen LogP contribution in [0.15, 0.2) is 0 Å².